The van der Waals surface area contributed by atoms with Gasteiger partial charge < -0.3 is 24.3 Å². The molecule has 1 heterocycles. The van der Waals surface area contributed by atoms with E-state index in [0.29, 0.717) is 33.0 Å². The average molecular weight is 295 g/mol. The number of rotatable bonds is 11. The molecule has 1 aromatic rings. The highest BCUT2D eigenvalue weighted by atomic mass is 16.5. The Morgan fingerprint density at radius 1 is 1.10 bits per heavy atom. The number of hydrogen-bond acceptors (Lipinski definition) is 5. The zero-order valence-corrected chi connectivity index (χ0v) is 12.7. The fraction of sp³-hybridized carbons (Fsp3) is 0.625. The van der Waals surface area contributed by atoms with Crippen LogP contribution in [0.1, 0.15) is 5.56 Å². The van der Waals surface area contributed by atoms with Gasteiger partial charge in [-0.05, 0) is 11.6 Å². The molecule has 0 aliphatic carbocycles. The molecule has 0 fully saturated rings. The topological polar surface area (TPSA) is 49.0 Å². The molecule has 0 radical (unpaired) electrons. The molecule has 0 amide bonds. The molecule has 21 heavy (non-hydrogen) atoms. The molecular weight excluding hydrogens is 270 g/mol. The first-order valence-corrected chi connectivity index (χ1v) is 7.50. The van der Waals surface area contributed by atoms with Crippen molar-refractivity contribution in [3.63, 3.8) is 0 Å². The molecule has 0 saturated heterocycles. The first-order chi connectivity index (χ1) is 10.4. The van der Waals surface area contributed by atoms with Gasteiger partial charge in [0, 0.05) is 26.6 Å². The zero-order chi connectivity index (χ0) is 14.8. The first-order valence-electron chi connectivity index (χ1n) is 7.50. The van der Waals surface area contributed by atoms with Gasteiger partial charge in [-0.2, -0.15) is 0 Å². The Bertz CT molecular complexity index is 375. The molecule has 2 rings (SSSR count). The van der Waals surface area contributed by atoms with Crippen molar-refractivity contribution in [2.45, 2.75) is 12.5 Å². The highest BCUT2D eigenvalue weighted by Gasteiger charge is 2.21. The predicted molar refractivity (Wildman–Crippen MR) is 80.9 cm³/mol. The van der Waals surface area contributed by atoms with Crippen LogP contribution in [-0.2, 0) is 20.6 Å². The van der Waals surface area contributed by atoms with Crippen LogP contribution in [-0.4, -0.2) is 59.3 Å². The Morgan fingerprint density at radius 2 is 1.86 bits per heavy atom. The Labute approximate surface area is 126 Å². The second-order valence-electron chi connectivity index (χ2n) is 4.97. The van der Waals surface area contributed by atoms with Gasteiger partial charge in [0.2, 0.25) is 0 Å². The molecule has 0 saturated carbocycles. The second kappa shape index (κ2) is 9.73. The minimum absolute atomic E-state index is 0.236. The van der Waals surface area contributed by atoms with Gasteiger partial charge in [0.15, 0.2) is 0 Å². The minimum Gasteiger partial charge on any atom is -0.488 e. The van der Waals surface area contributed by atoms with Crippen LogP contribution in [0.5, 0.6) is 5.75 Å². The van der Waals surface area contributed by atoms with Gasteiger partial charge in [0.05, 0.1) is 33.0 Å². The fourth-order valence-corrected chi connectivity index (χ4v) is 2.24. The van der Waals surface area contributed by atoms with Crippen LogP contribution in [0.4, 0.5) is 0 Å². The van der Waals surface area contributed by atoms with Crippen molar-refractivity contribution in [1.82, 2.24) is 5.32 Å². The molecule has 1 atom stereocenters. The Balaban J connectivity index is 1.41. The summed E-state index contributed by atoms with van der Waals surface area (Å²) >= 11 is 0. The van der Waals surface area contributed by atoms with Crippen LogP contribution in [0.2, 0.25) is 0 Å². The highest BCUT2D eigenvalue weighted by molar-refractivity contribution is 5.37. The standard InChI is InChI=1S/C16H25NO4/c1-18-8-9-20-11-10-19-7-6-17-13-15-12-14-4-2-3-5-16(14)21-15/h2-5,15,17H,6-13H2,1H3. The summed E-state index contributed by atoms with van der Waals surface area (Å²) in [6, 6.07) is 8.22. The lowest BCUT2D eigenvalue weighted by molar-refractivity contribution is 0.0253. The van der Waals surface area contributed by atoms with E-state index in [0.717, 1.165) is 25.3 Å². The third-order valence-electron chi connectivity index (χ3n) is 3.31. The van der Waals surface area contributed by atoms with Gasteiger partial charge in [0.1, 0.15) is 11.9 Å². The van der Waals surface area contributed by atoms with Crippen molar-refractivity contribution in [3.05, 3.63) is 29.8 Å². The van der Waals surface area contributed by atoms with Crippen LogP contribution in [0.15, 0.2) is 24.3 Å². The van der Waals surface area contributed by atoms with Gasteiger partial charge in [-0.1, -0.05) is 18.2 Å². The summed E-state index contributed by atoms with van der Waals surface area (Å²) in [4.78, 5) is 0. The smallest absolute Gasteiger partial charge is 0.123 e. The predicted octanol–water partition coefficient (Wildman–Crippen LogP) is 1.26. The van der Waals surface area contributed by atoms with Gasteiger partial charge in [-0.25, -0.2) is 0 Å². The summed E-state index contributed by atoms with van der Waals surface area (Å²) in [5.41, 5.74) is 1.30. The van der Waals surface area contributed by atoms with Crippen LogP contribution in [0.3, 0.4) is 0 Å². The summed E-state index contributed by atoms with van der Waals surface area (Å²) in [5.74, 6) is 1.02. The lowest BCUT2D eigenvalue weighted by Crippen LogP contribution is -2.32. The van der Waals surface area contributed by atoms with E-state index in [-0.39, 0.29) is 6.10 Å². The van der Waals surface area contributed by atoms with Gasteiger partial charge in [-0.3, -0.25) is 0 Å². The normalized spacial score (nSPS) is 16.7. The van der Waals surface area contributed by atoms with Crippen LogP contribution < -0.4 is 10.1 Å². The zero-order valence-electron chi connectivity index (χ0n) is 12.7. The minimum atomic E-state index is 0.236. The van der Waals surface area contributed by atoms with Crippen LogP contribution in [0, 0.1) is 0 Å². The van der Waals surface area contributed by atoms with Crippen LogP contribution in [0.25, 0.3) is 0 Å². The van der Waals surface area contributed by atoms with Gasteiger partial charge >= 0.3 is 0 Å². The third kappa shape index (κ3) is 6.01. The molecular formula is C16H25NO4. The van der Waals surface area contributed by atoms with Gasteiger partial charge in [-0.15, -0.1) is 0 Å². The lowest BCUT2D eigenvalue weighted by atomic mass is 10.1. The Hall–Kier alpha value is -1.14. The fourth-order valence-electron chi connectivity index (χ4n) is 2.24. The van der Waals surface area contributed by atoms with E-state index in [2.05, 4.69) is 17.4 Å². The third-order valence-corrected chi connectivity index (χ3v) is 3.31. The molecule has 5 heteroatoms. The lowest BCUT2D eigenvalue weighted by Gasteiger charge is -2.12. The number of fused-ring (bicyclic) bond motifs is 1. The molecule has 0 spiro atoms. The SMILES string of the molecule is COCCOCCOCCNCC1Cc2ccccc2O1. The maximum atomic E-state index is 5.85. The van der Waals surface area contributed by atoms with E-state index < -0.39 is 0 Å². The molecule has 1 aliphatic rings. The monoisotopic (exact) mass is 295 g/mol. The first kappa shape index (κ1) is 16.2. The summed E-state index contributed by atoms with van der Waals surface area (Å²) in [6.07, 6.45) is 1.22. The van der Waals surface area contributed by atoms with Crippen molar-refractivity contribution < 1.29 is 18.9 Å². The Kier molecular flexibility index (Phi) is 7.53. The van der Waals surface area contributed by atoms with E-state index in [4.69, 9.17) is 18.9 Å². The van der Waals surface area contributed by atoms with Crippen molar-refractivity contribution in [2.24, 2.45) is 0 Å². The van der Waals surface area contributed by atoms with E-state index >= 15 is 0 Å². The highest BCUT2D eigenvalue weighted by Crippen LogP contribution is 2.27. The number of ether oxygens (including phenoxy) is 4. The molecule has 118 valence electrons. The molecule has 1 aliphatic heterocycles. The summed E-state index contributed by atoms with van der Waals surface area (Å²) in [6.45, 7) is 4.86. The number of benzene rings is 1. The molecule has 0 aromatic heterocycles. The van der Waals surface area contributed by atoms with E-state index in [9.17, 15) is 0 Å². The average Bonchev–Trinajstić information content (AvgIpc) is 2.92. The van der Waals surface area contributed by atoms with Gasteiger partial charge in [0.25, 0.3) is 0 Å². The van der Waals surface area contributed by atoms with Crippen molar-refractivity contribution in [2.75, 3.05) is 53.2 Å². The van der Waals surface area contributed by atoms with Crippen LogP contribution >= 0.6 is 0 Å². The maximum Gasteiger partial charge on any atom is 0.123 e. The Morgan fingerprint density at radius 3 is 2.67 bits per heavy atom. The molecule has 0 bridgehead atoms. The summed E-state index contributed by atoms with van der Waals surface area (Å²) in [7, 11) is 1.66. The molecule has 5 nitrogen and oxygen atoms in total. The summed E-state index contributed by atoms with van der Waals surface area (Å²) < 4.78 is 21.5. The number of para-hydroxylation sites is 1. The summed E-state index contributed by atoms with van der Waals surface area (Å²) in [5, 5.41) is 3.36. The number of nitrogens with one attached hydrogen (secondary N) is 1. The maximum absolute atomic E-state index is 5.85. The van der Waals surface area contributed by atoms with E-state index in [1.807, 2.05) is 12.1 Å². The molecule has 1 N–H and O–H groups in total. The number of hydrogen-bond donors (Lipinski definition) is 1. The van der Waals surface area contributed by atoms with Crippen molar-refractivity contribution in [1.29, 1.82) is 0 Å². The van der Waals surface area contributed by atoms with E-state index in [1.54, 1.807) is 7.11 Å². The molecule has 1 aromatic carbocycles. The number of methoxy groups -OCH3 is 1. The molecule has 1 unspecified atom stereocenters. The second-order valence-corrected chi connectivity index (χ2v) is 4.97. The largest absolute Gasteiger partial charge is 0.488 e. The van der Waals surface area contributed by atoms with Crippen molar-refractivity contribution >= 4 is 0 Å². The van der Waals surface area contributed by atoms with Crippen molar-refractivity contribution in [3.8, 4) is 5.75 Å². The quantitative estimate of drug-likeness (QED) is 0.623. The van der Waals surface area contributed by atoms with E-state index in [1.165, 1.54) is 5.56 Å².